The molecule has 1 aromatic carbocycles. The normalized spacial score (nSPS) is 21.2. The van der Waals surface area contributed by atoms with E-state index in [1.54, 1.807) is 18.7 Å². The number of imidazole rings is 1. The second kappa shape index (κ2) is 8.74. The Labute approximate surface area is 209 Å². The van der Waals surface area contributed by atoms with Gasteiger partial charge in [-0.05, 0) is 64.2 Å². The van der Waals surface area contributed by atoms with E-state index in [1.165, 1.54) is 0 Å². The van der Waals surface area contributed by atoms with Crippen LogP contribution >= 0.6 is 0 Å². The van der Waals surface area contributed by atoms with E-state index >= 15 is 0 Å². The maximum atomic E-state index is 13.1. The van der Waals surface area contributed by atoms with Gasteiger partial charge in [-0.15, -0.1) is 0 Å². The molecule has 2 atom stereocenters. The third kappa shape index (κ3) is 3.65. The zero-order valence-electron chi connectivity index (χ0n) is 20.8. The van der Waals surface area contributed by atoms with Gasteiger partial charge in [-0.3, -0.25) is 4.79 Å². The van der Waals surface area contributed by atoms with Crippen molar-refractivity contribution in [3.8, 4) is 22.6 Å². The predicted molar refractivity (Wildman–Crippen MR) is 136 cm³/mol. The van der Waals surface area contributed by atoms with Crippen molar-refractivity contribution >= 4 is 22.8 Å². The Morgan fingerprint density at radius 1 is 1.17 bits per heavy atom. The van der Waals surface area contributed by atoms with Crippen molar-refractivity contribution in [1.29, 1.82) is 0 Å². The van der Waals surface area contributed by atoms with Crippen molar-refractivity contribution < 1.29 is 9.53 Å². The Bertz CT molecular complexity index is 1460. The number of rotatable bonds is 6. The van der Waals surface area contributed by atoms with Crippen LogP contribution in [-0.4, -0.2) is 48.1 Å². The third-order valence-corrected chi connectivity index (χ3v) is 7.51. The molecule has 184 valence electrons. The number of aromatic nitrogens is 6. The van der Waals surface area contributed by atoms with E-state index in [9.17, 15) is 4.79 Å². The first-order chi connectivity index (χ1) is 17.5. The van der Waals surface area contributed by atoms with Crippen molar-refractivity contribution in [2.24, 2.45) is 0 Å². The molecule has 1 amide bonds. The molecule has 5 heterocycles. The SMILES string of the molecule is CCn1c(-c2cnc(C)nc2)nc2c(-c3ccc4c(c3)C(C)(CC[C@@H]3CCCO3)C(=O)N4)ncnc21. The highest BCUT2D eigenvalue weighted by Crippen LogP contribution is 2.44. The van der Waals surface area contributed by atoms with E-state index in [4.69, 9.17) is 9.72 Å². The fourth-order valence-electron chi connectivity index (χ4n) is 5.39. The van der Waals surface area contributed by atoms with Gasteiger partial charge < -0.3 is 14.6 Å². The van der Waals surface area contributed by atoms with Crippen LogP contribution in [0.3, 0.4) is 0 Å². The minimum absolute atomic E-state index is 0.0393. The lowest BCUT2D eigenvalue weighted by Gasteiger charge is -2.24. The van der Waals surface area contributed by atoms with Crippen LogP contribution < -0.4 is 5.32 Å². The Morgan fingerprint density at radius 3 is 2.75 bits per heavy atom. The number of hydrogen-bond donors (Lipinski definition) is 1. The third-order valence-electron chi connectivity index (χ3n) is 7.51. The number of benzene rings is 1. The molecule has 3 aromatic heterocycles. The summed E-state index contributed by atoms with van der Waals surface area (Å²) in [5, 5.41) is 3.08. The van der Waals surface area contributed by atoms with E-state index in [-0.39, 0.29) is 12.0 Å². The number of nitrogens with one attached hydrogen (secondary N) is 1. The maximum absolute atomic E-state index is 13.1. The van der Waals surface area contributed by atoms with Gasteiger partial charge in [0, 0.05) is 36.8 Å². The summed E-state index contributed by atoms with van der Waals surface area (Å²) in [5.74, 6) is 1.51. The number of anilines is 1. The molecule has 0 bridgehead atoms. The number of nitrogens with zero attached hydrogens (tertiary/aromatic N) is 6. The first-order valence-corrected chi connectivity index (χ1v) is 12.6. The lowest BCUT2D eigenvalue weighted by Crippen LogP contribution is -2.32. The van der Waals surface area contributed by atoms with Crippen LogP contribution in [0.25, 0.3) is 33.8 Å². The molecular weight excluding hydrogens is 454 g/mol. The van der Waals surface area contributed by atoms with Gasteiger partial charge in [-0.1, -0.05) is 6.07 Å². The van der Waals surface area contributed by atoms with Gasteiger partial charge in [-0.25, -0.2) is 24.9 Å². The van der Waals surface area contributed by atoms with Crippen LogP contribution in [0.5, 0.6) is 0 Å². The molecule has 9 nitrogen and oxygen atoms in total. The Balaban J connectivity index is 1.42. The van der Waals surface area contributed by atoms with Crippen LogP contribution in [0.2, 0.25) is 0 Å². The molecule has 0 saturated carbocycles. The molecule has 0 aliphatic carbocycles. The van der Waals surface area contributed by atoms with Gasteiger partial charge >= 0.3 is 0 Å². The van der Waals surface area contributed by atoms with Crippen molar-refractivity contribution in [2.45, 2.75) is 64.5 Å². The van der Waals surface area contributed by atoms with E-state index in [0.717, 1.165) is 71.8 Å². The molecule has 4 aromatic rings. The second-order valence-electron chi connectivity index (χ2n) is 9.81. The molecule has 2 aliphatic rings. The quantitative estimate of drug-likeness (QED) is 0.432. The van der Waals surface area contributed by atoms with Gasteiger partial charge in [0.2, 0.25) is 5.91 Å². The first kappa shape index (κ1) is 22.7. The fourth-order valence-corrected chi connectivity index (χ4v) is 5.39. The Hall–Kier alpha value is -3.72. The van der Waals surface area contributed by atoms with Gasteiger partial charge in [0.25, 0.3) is 0 Å². The van der Waals surface area contributed by atoms with Crippen LogP contribution in [-0.2, 0) is 21.5 Å². The molecule has 6 rings (SSSR count). The molecule has 36 heavy (non-hydrogen) atoms. The van der Waals surface area contributed by atoms with Crippen LogP contribution in [0.4, 0.5) is 5.69 Å². The maximum Gasteiger partial charge on any atom is 0.234 e. The zero-order chi connectivity index (χ0) is 24.9. The Morgan fingerprint density at radius 2 is 2.00 bits per heavy atom. The number of carbonyl (C=O) groups is 1. The standard InChI is InChI=1S/C27H29N7O2/c1-4-34-24(18-13-28-16(2)29-14-18)33-23-22(30-15-31-25(23)34)17-7-8-21-20(12-17)27(3,26(35)32-21)10-9-19-6-5-11-36-19/h7-8,12-15,19H,4-6,9-11H2,1-3H3,(H,32,35)/t19-,27?/m0/s1. The van der Waals surface area contributed by atoms with E-state index in [0.29, 0.717) is 17.9 Å². The molecular formula is C27H29N7O2. The molecule has 1 saturated heterocycles. The van der Waals surface area contributed by atoms with Crippen LogP contribution in [0.1, 0.15) is 50.9 Å². The second-order valence-corrected chi connectivity index (χ2v) is 9.81. The Kier molecular flexibility index (Phi) is 5.52. The molecule has 1 unspecified atom stereocenters. The average Bonchev–Trinajstić information content (AvgIpc) is 3.60. The number of hydrogen-bond acceptors (Lipinski definition) is 7. The van der Waals surface area contributed by atoms with Crippen molar-refractivity contribution in [1.82, 2.24) is 29.5 Å². The highest BCUT2D eigenvalue weighted by atomic mass is 16.5. The number of carbonyl (C=O) groups excluding carboxylic acids is 1. The van der Waals surface area contributed by atoms with Crippen LogP contribution in [0, 0.1) is 6.92 Å². The monoisotopic (exact) mass is 483 g/mol. The number of fused-ring (bicyclic) bond motifs is 2. The summed E-state index contributed by atoms with van der Waals surface area (Å²) in [5.41, 5.74) is 5.20. The molecule has 2 aliphatic heterocycles. The topological polar surface area (TPSA) is 108 Å². The molecule has 0 spiro atoms. The van der Waals surface area contributed by atoms with E-state index in [2.05, 4.69) is 42.8 Å². The summed E-state index contributed by atoms with van der Waals surface area (Å²) < 4.78 is 7.88. The summed E-state index contributed by atoms with van der Waals surface area (Å²) in [6.45, 7) is 7.47. The summed E-state index contributed by atoms with van der Waals surface area (Å²) in [7, 11) is 0. The zero-order valence-corrected chi connectivity index (χ0v) is 20.8. The minimum atomic E-state index is -0.614. The first-order valence-electron chi connectivity index (χ1n) is 12.6. The van der Waals surface area contributed by atoms with E-state index in [1.807, 2.05) is 26.0 Å². The minimum Gasteiger partial charge on any atom is -0.378 e. The molecule has 1 N–H and O–H groups in total. The molecule has 0 radical (unpaired) electrons. The number of aryl methyl sites for hydroxylation is 2. The average molecular weight is 484 g/mol. The van der Waals surface area contributed by atoms with Gasteiger partial charge in [-0.2, -0.15) is 0 Å². The lowest BCUT2D eigenvalue weighted by molar-refractivity contribution is -0.120. The van der Waals surface area contributed by atoms with Crippen LogP contribution in [0.15, 0.2) is 36.9 Å². The molecule has 1 fully saturated rings. The molecule has 9 heteroatoms. The highest BCUT2D eigenvalue weighted by Gasteiger charge is 2.43. The predicted octanol–water partition coefficient (Wildman–Crippen LogP) is 4.45. The number of ether oxygens (including phenoxy) is 1. The van der Waals surface area contributed by atoms with Crippen molar-refractivity contribution in [3.63, 3.8) is 0 Å². The van der Waals surface area contributed by atoms with Gasteiger partial charge in [0.1, 0.15) is 29.2 Å². The smallest absolute Gasteiger partial charge is 0.234 e. The van der Waals surface area contributed by atoms with Crippen molar-refractivity contribution in [2.75, 3.05) is 11.9 Å². The summed E-state index contributed by atoms with van der Waals surface area (Å²) >= 11 is 0. The van der Waals surface area contributed by atoms with Gasteiger partial charge in [0.15, 0.2) is 5.65 Å². The summed E-state index contributed by atoms with van der Waals surface area (Å²) in [6.07, 6.45) is 9.16. The van der Waals surface area contributed by atoms with E-state index < -0.39 is 5.41 Å². The lowest BCUT2D eigenvalue weighted by atomic mass is 9.78. The largest absolute Gasteiger partial charge is 0.378 e. The number of amides is 1. The van der Waals surface area contributed by atoms with Gasteiger partial charge in [0.05, 0.1) is 17.1 Å². The van der Waals surface area contributed by atoms with Crippen molar-refractivity contribution in [3.05, 3.63) is 48.3 Å². The highest BCUT2D eigenvalue weighted by molar-refractivity contribution is 6.06. The fraction of sp³-hybridized carbons (Fsp3) is 0.407. The summed E-state index contributed by atoms with van der Waals surface area (Å²) in [6, 6.07) is 6.05. The summed E-state index contributed by atoms with van der Waals surface area (Å²) in [4.78, 5) is 35.9.